The Hall–Kier alpha value is -1.21. The molecule has 20 heavy (non-hydrogen) atoms. The summed E-state index contributed by atoms with van der Waals surface area (Å²) in [6.07, 6.45) is 0. The molecule has 0 bridgehead atoms. The molecule has 0 fully saturated rings. The SMILES string of the molecule is COP(=O)(OC)C(C)=NNS(=O)(=O)c1ccc(C)cc1. The van der Waals surface area contributed by atoms with Crippen LogP contribution in [0, 0.1) is 6.92 Å². The molecule has 0 heterocycles. The second-order valence-corrected chi connectivity index (χ2v) is 7.96. The average molecular weight is 320 g/mol. The monoisotopic (exact) mass is 320 g/mol. The van der Waals surface area contributed by atoms with Gasteiger partial charge in [0.1, 0.15) is 5.45 Å². The van der Waals surface area contributed by atoms with Crippen LogP contribution in [0.15, 0.2) is 34.3 Å². The molecular weight excluding hydrogens is 303 g/mol. The number of rotatable bonds is 6. The topological polar surface area (TPSA) is 94.1 Å². The first-order valence-electron chi connectivity index (χ1n) is 5.60. The quantitative estimate of drug-likeness (QED) is 0.492. The molecule has 0 saturated heterocycles. The minimum absolute atomic E-state index is 0.0596. The lowest BCUT2D eigenvalue weighted by Crippen LogP contribution is -2.20. The van der Waals surface area contributed by atoms with E-state index in [1.165, 1.54) is 33.3 Å². The maximum absolute atomic E-state index is 12.0. The van der Waals surface area contributed by atoms with Gasteiger partial charge >= 0.3 is 7.60 Å². The van der Waals surface area contributed by atoms with Crippen molar-refractivity contribution < 1.29 is 22.0 Å². The van der Waals surface area contributed by atoms with Crippen LogP contribution >= 0.6 is 7.60 Å². The third kappa shape index (κ3) is 3.89. The van der Waals surface area contributed by atoms with Crippen molar-refractivity contribution >= 4 is 23.1 Å². The molecule has 0 amide bonds. The fourth-order valence-corrected chi connectivity index (χ4v) is 3.07. The maximum atomic E-state index is 12.0. The summed E-state index contributed by atoms with van der Waals surface area (Å²) in [6.45, 7) is 3.20. The second kappa shape index (κ2) is 6.49. The van der Waals surface area contributed by atoms with Crippen molar-refractivity contribution in [1.82, 2.24) is 4.83 Å². The Kier molecular flexibility index (Phi) is 5.47. The van der Waals surface area contributed by atoms with Crippen LogP contribution in [0.3, 0.4) is 0 Å². The van der Waals surface area contributed by atoms with Crippen molar-refractivity contribution in [3.8, 4) is 0 Å². The number of aryl methyl sites for hydroxylation is 1. The van der Waals surface area contributed by atoms with E-state index in [0.29, 0.717) is 0 Å². The summed E-state index contributed by atoms with van der Waals surface area (Å²) >= 11 is 0. The van der Waals surface area contributed by atoms with Gasteiger partial charge in [-0.2, -0.15) is 18.4 Å². The number of sulfonamides is 1. The Morgan fingerprint density at radius 1 is 1.20 bits per heavy atom. The first kappa shape index (κ1) is 16.8. The predicted octanol–water partition coefficient (Wildman–Crippen LogP) is 2.09. The summed E-state index contributed by atoms with van der Waals surface area (Å²) in [4.78, 5) is 2.06. The Morgan fingerprint density at radius 2 is 1.70 bits per heavy atom. The first-order chi connectivity index (χ1) is 9.25. The van der Waals surface area contributed by atoms with E-state index in [4.69, 9.17) is 9.05 Å². The Morgan fingerprint density at radius 3 is 2.15 bits per heavy atom. The van der Waals surface area contributed by atoms with E-state index in [1.54, 1.807) is 12.1 Å². The zero-order chi connectivity index (χ0) is 15.4. The third-order valence-corrected chi connectivity index (χ3v) is 5.61. The van der Waals surface area contributed by atoms with Gasteiger partial charge in [0.15, 0.2) is 0 Å². The molecule has 0 aliphatic heterocycles. The summed E-state index contributed by atoms with van der Waals surface area (Å²) in [5.74, 6) is 0. The number of nitrogens with one attached hydrogen (secondary N) is 1. The van der Waals surface area contributed by atoms with Gasteiger partial charge in [-0.05, 0) is 26.0 Å². The van der Waals surface area contributed by atoms with Crippen molar-refractivity contribution in [2.75, 3.05) is 14.2 Å². The van der Waals surface area contributed by atoms with Crippen LogP contribution in [0.2, 0.25) is 0 Å². The molecule has 0 aliphatic carbocycles. The van der Waals surface area contributed by atoms with E-state index in [-0.39, 0.29) is 10.3 Å². The predicted molar refractivity (Wildman–Crippen MR) is 76.2 cm³/mol. The van der Waals surface area contributed by atoms with Gasteiger partial charge in [-0.15, -0.1) is 0 Å². The van der Waals surface area contributed by atoms with Crippen molar-refractivity contribution in [2.45, 2.75) is 18.7 Å². The Bertz CT molecular complexity index is 631. The van der Waals surface area contributed by atoms with Crippen molar-refractivity contribution in [3.63, 3.8) is 0 Å². The van der Waals surface area contributed by atoms with Gasteiger partial charge in [-0.1, -0.05) is 17.7 Å². The van der Waals surface area contributed by atoms with E-state index in [9.17, 15) is 13.0 Å². The summed E-state index contributed by atoms with van der Waals surface area (Å²) in [7, 11) is -4.97. The van der Waals surface area contributed by atoms with E-state index in [1.807, 2.05) is 11.8 Å². The second-order valence-electron chi connectivity index (χ2n) is 3.93. The molecule has 0 saturated carbocycles. The van der Waals surface area contributed by atoms with Crippen LogP contribution in [-0.4, -0.2) is 28.1 Å². The van der Waals surface area contributed by atoms with Gasteiger partial charge < -0.3 is 9.05 Å². The fourth-order valence-electron chi connectivity index (χ4n) is 1.30. The molecule has 9 heteroatoms. The molecular formula is C11H17N2O5PS. The third-order valence-electron chi connectivity index (χ3n) is 2.54. The van der Waals surface area contributed by atoms with Gasteiger partial charge in [-0.25, -0.2) is 0 Å². The normalized spacial score (nSPS) is 13.3. The summed E-state index contributed by atoms with van der Waals surface area (Å²) in [5, 5.41) is 3.57. The van der Waals surface area contributed by atoms with E-state index in [0.717, 1.165) is 5.56 Å². The summed E-state index contributed by atoms with van der Waals surface area (Å²) in [5.41, 5.74) is 0.852. The molecule has 1 aromatic carbocycles. The van der Waals surface area contributed by atoms with Crippen LogP contribution in [0.1, 0.15) is 12.5 Å². The summed E-state index contributed by atoms with van der Waals surface area (Å²) < 4.78 is 45.3. The number of benzene rings is 1. The van der Waals surface area contributed by atoms with Crippen molar-refractivity contribution in [3.05, 3.63) is 29.8 Å². The zero-order valence-electron chi connectivity index (χ0n) is 11.7. The van der Waals surface area contributed by atoms with Gasteiger partial charge in [0.2, 0.25) is 0 Å². The minimum Gasteiger partial charge on any atom is -0.308 e. The molecule has 1 aromatic rings. The average Bonchev–Trinajstić information content (AvgIpc) is 2.44. The lowest BCUT2D eigenvalue weighted by atomic mass is 10.2. The highest BCUT2D eigenvalue weighted by Crippen LogP contribution is 2.47. The largest absolute Gasteiger partial charge is 0.376 e. The van der Waals surface area contributed by atoms with Crippen LogP contribution in [0.4, 0.5) is 0 Å². The first-order valence-corrected chi connectivity index (χ1v) is 8.62. The van der Waals surface area contributed by atoms with Gasteiger partial charge in [0, 0.05) is 14.2 Å². The van der Waals surface area contributed by atoms with Crippen LogP contribution in [-0.2, 0) is 23.6 Å². The van der Waals surface area contributed by atoms with Gasteiger partial charge in [-0.3, -0.25) is 4.57 Å². The number of hydrogen-bond acceptors (Lipinski definition) is 6. The molecule has 0 spiro atoms. The molecule has 0 aliphatic rings. The maximum Gasteiger partial charge on any atom is 0.376 e. The van der Waals surface area contributed by atoms with E-state index < -0.39 is 17.6 Å². The lowest BCUT2D eigenvalue weighted by molar-refractivity contribution is 0.290. The highest BCUT2D eigenvalue weighted by Gasteiger charge is 2.26. The number of nitrogens with zero attached hydrogens (tertiary/aromatic N) is 1. The molecule has 1 N–H and O–H groups in total. The zero-order valence-corrected chi connectivity index (χ0v) is 13.4. The minimum atomic E-state index is -3.82. The number of hydrazone groups is 1. The summed E-state index contributed by atoms with van der Waals surface area (Å²) in [6, 6.07) is 6.24. The standard InChI is InChI=1S/C11H17N2O5PS/c1-9-5-7-11(8-6-9)20(15,16)13-12-10(2)19(14,17-3)18-4/h5-8,13H,1-4H3. The van der Waals surface area contributed by atoms with E-state index in [2.05, 4.69) is 5.10 Å². The highest BCUT2D eigenvalue weighted by molar-refractivity contribution is 7.89. The molecule has 112 valence electrons. The van der Waals surface area contributed by atoms with E-state index >= 15 is 0 Å². The molecule has 0 radical (unpaired) electrons. The molecule has 1 rings (SSSR count). The van der Waals surface area contributed by atoms with Gasteiger partial charge in [0.25, 0.3) is 10.0 Å². The molecule has 0 unspecified atom stereocenters. The smallest absolute Gasteiger partial charge is 0.308 e. The van der Waals surface area contributed by atoms with Crippen LogP contribution in [0.25, 0.3) is 0 Å². The molecule has 0 aromatic heterocycles. The van der Waals surface area contributed by atoms with Crippen molar-refractivity contribution in [1.29, 1.82) is 0 Å². The Labute approximate surface area is 118 Å². The van der Waals surface area contributed by atoms with Crippen LogP contribution < -0.4 is 4.83 Å². The lowest BCUT2D eigenvalue weighted by Gasteiger charge is -2.13. The van der Waals surface area contributed by atoms with Crippen LogP contribution in [0.5, 0.6) is 0 Å². The Balaban J connectivity index is 2.98. The van der Waals surface area contributed by atoms with Gasteiger partial charge in [0.05, 0.1) is 4.90 Å². The molecule has 0 atom stereocenters. The number of hydrogen-bond donors (Lipinski definition) is 1. The fraction of sp³-hybridized carbons (Fsp3) is 0.364. The van der Waals surface area contributed by atoms with Crippen molar-refractivity contribution in [2.24, 2.45) is 5.10 Å². The highest BCUT2D eigenvalue weighted by atomic mass is 32.2. The molecule has 7 nitrogen and oxygen atoms in total.